The third kappa shape index (κ3) is 4.06. The molecule has 0 aromatic carbocycles. The minimum atomic E-state index is -0.105. The van der Waals surface area contributed by atoms with Crippen molar-refractivity contribution in [1.29, 1.82) is 0 Å². The number of aliphatic hydroxyl groups is 1. The van der Waals surface area contributed by atoms with Gasteiger partial charge in [0.2, 0.25) is 0 Å². The van der Waals surface area contributed by atoms with Crippen LogP contribution in [-0.4, -0.2) is 23.8 Å². The lowest BCUT2D eigenvalue weighted by molar-refractivity contribution is -0.000122. The van der Waals surface area contributed by atoms with Crippen LogP contribution in [0, 0.1) is 5.41 Å². The second-order valence-corrected chi connectivity index (χ2v) is 5.84. The van der Waals surface area contributed by atoms with Gasteiger partial charge in [0, 0.05) is 18.0 Å². The normalized spacial score (nSPS) is 32.6. The fourth-order valence-electron chi connectivity index (χ4n) is 2.61. The Hall–Kier alpha value is -0.0800. The third-order valence-corrected chi connectivity index (χ3v) is 4.12. The summed E-state index contributed by atoms with van der Waals surface area (Å²) in [6, 6.07) is 0.589. The van der Waals surface area contributed by atoms with Crippen LogP contribution in [0.4, 0.5) is 0 Å². The molecule has 0 radical (unpaired) electrons. The number of rotatable bonds is 6. The fraction of sp³-hybridized carbons (Fsp3) is 1.00. The molecule has 0 aromatic heterocycles. The summed E-state index contributed by atoms with van der Waals surface area (Å²) in [5, 5.41) is 13.7. The van der Waals surface area contributed by atoms with E-state index in [9.17, 15) is 5.11 Å². The van der Waals surface area contributed by atoms with E-state index in [1.807, 2.05) is 0 Å². The third-order valence-electron chi connectivity index (χ3n) is 4.12. The zero-order chi connectivity index (χ0) is 12.0. The molecule has 1 aliphatic carbocycles. The van der Waals surface area contributed by atoms with Gasteiger partial charge in [-0.1, -0.05) is 39.5 Å². The van der Waals surface area contributed by atoms with Crippen LogP contribution >= 0.6 is 0 Å². The van der Waals surface area contributed by atoms with Crippen molar-refractivity contribution in [2.45, 2.75) is 77.9 Å². The van der Waals surface area contributed by atoms with Crippen molar-refractivity contribution in [3.8, 4) is 0 Å². The molecule has 2 nitrogen and oxygen atoms in total. The molecule has 3 atom stereocenters. The lowest BCUT2D eigenvalue weighted by Gasteiger charge is -2.39. The maximum atomic E-state index is 10.1. The lowest BCUT2D eigenvalue weighted by Crippen LogP contribution is -2.45. The maximum Gasteiger partial charge on any atom is 0.0605 e. The van der Waals surface area contributed by atoms with Crippen molar-refractivity contribution < 1.29 is 5.11 Å². The van der Waals surface area contributed by atoms with E-state index in [4.69, 9.17) is 0 Å². The molecule has 0 aliphatic heterocycles. The SMILES string of the molecule is CCCCC(C)NCC1(C)CCCCC1O. The molecule has 96 valence electrons. The second-order valence-electron chi connectivity index (χ2n) is 5.84. The van der Waals surface area contributed by atoms with Crippen LogP contribution in [0.25, 0.3) is 0 Å². The Bertz CT molecular complexity index is 195. The monoisotopic (exact) mass is 227 g/mol. The van der Waals surface area contributed by atoms with E-state index in [1.54, 1.807) is 0 Å². The molecule has 0 amide bonds. The molecule has 1 fully saturated rings. The summed E-state index contributed by atoms with van der Waals surface area (Å²) in [4.78, 5) is 0. The Kier molecular flexibility index (Phi) is 5.77. The standard InChI is InChI=1S/C14H29NO/c1-4-5-8-12(2)15-11-14(3)10-7-6-9-13(14)16/h12-13,15-16H,4-11H2,1-3H3. The molecule has 0 heterocycles. The first-order valence-electron chi connectivity index (χ1n) is 7.00. The van der Waals surface area contributed by atoms with Crippen LogP contribution in [0.3, 0.4) is 0 Å². The van der Waals surface area contributed by atoms with E-state index in [0.717, 1.165) is 13.0 Å². The van der Waals surface area contributed by atoms with Crippen molar-refractivity contribution >= 4 is 0 Å². The number of aliphatic hydroxyl groups excluding tert-OH is 1. The molecule has 2 N–H and O–H groups in total. The zero-order valence-corrected chi connectivity index (χ0v) is 11.3. The maximum absolute atomic E-state index is 10.1. The van der Waals surface area contributed by atoms with Gasteiger partial charge in [0.25, 0.3) is 0 Å². The molecule has 3 unspecified atom stereocenters. The Morgan fingerprint density at radius 1 is 1.44 bits per heavy atom. The van der Waals surface area contributed by atoms with Gasteiger partial charge in [0.1, 0.15) is 0 Å². The average molecular weight is 227 g/mol. The van der Waals surface area contributed by atoms with E-state index < -0.39 is 0 Å². The number of hydrogen-bond acceptors (Lipinski definition) is 2. The van der Waals surface area contributed by atoms with Gasteiger partial charge in [-0.05, 0) is 26.2 Å². The van der Waals surface area contributed by atoms with E-state index in [1.165, 1.54) is 38.5 Å². The minimum Gasteiger partial charge on any atom is -0.393 e. The number of hydrogen-bond donors (Lipinski definition) is 2. The van der Waals surface area contributed by atoms with Crippen molar-refractivity contribution in [1.82, 2.24) is 5.32 Å². The molecule has 1 rings (SSSR count). The molecule has 0 spiro atoms. The summed E-state index contributed by atoms with van der Waals surface area (Å²) in [6.45, 7) is 7.70. The molecule has 0 aromatic rings. The Balaban J connectivity index is 2.29. The van der Waals surface area contributed by atoms with Gasteiger partial charge in [-0.2, -0.15) is 0 Å². The average Bonchev–Trinajstić information content (AvgIpc) is 2.28. The van der Waals surface area contributed by atoms with Crippen LogP contribution in [0.15, 0.2) is 0 Å². The summed E-state index contributed by atoms with van der Waals surface area (Å²) in [5.74, 6) is 0. The molecule has 16 heavy (non-hydrogen) atoms. The molecular weight excluding hydrogens is 198 g/mol. The first kappa shape index (κ1) is 14.0. The molecule has 0 bridgehead atoms. The Morgan fingerprint density at radius 2 is 2.19 bits per heavy atom. The molecular formula is C14H29NO. The zero-order valence-electron chi connectivity index (χ0n) is 11.3. The van der Waals surface area contributed by atoms with Crippen LogP contribution in [0.5, 0.6) is 0 Å². The van der Waals surface area contributed by atoms with Gasteiger partial charge in [-0.15, -0.1) is 0 Å². The molecule has 1 aliphatic rings. The summed E-state index contributed by atoms with van der Waals surface area (Å²) in [6.07, 6.45) is 8.35. The Morgan fingerprint density at radius 3 is 2.81 bits per heavy atom. The predicted octanol–water partition coefficient (Wildman–Crippen LogP) is 3.10. The van der Waals surface area contributed by atoms with Crippen molar-refractivity contribution in [3.05, 3.63) is 0 Å². The number of unbranched alkanes of at least 4 members (excludes halogenated alkanes) is 1. The first-order chi connectivity index (χ1) is 7.58. The molecule has 1 saturated carbocycles. The Labute approximate surface area is 101 Å². The highest BCUT2D eigenvalue weighted by atomic mass is 16.3. The summed E-state index contributed by atoms with van der Waals surface area (Å²) in [5.41, 5.74) is 0.110. The van der Waals surface area contributed by atoms with E-state index in [-0.39, 0.29) is 11.5 Å². The van der Waals surface area contributed by atoms with Crippen molar-refractivity contribution in [2.75, 3.05) is 6.54 Å². The van der Waals surface area contributed by atoms with Crippen LogP contribution < -0.4 is 5.32 Å². The fourth-order valence-corrected chi connectivity index (χ4v) is 2.61. The van der Waals surface area contributed by atoms with Crippen LogP contribution in [-0.2, 0) is 0 Å². The highest BCUT2D eigenvalue weighted by Crippen LogP contribution is 2.35. The summed E-state index contributed by atoms with van der Waals surface area (Å²) >= 11 is 0. The second kappa shape index (κ2) is 6.61. The predicted molar refractivity (Wildman–Crippen MR) is 69.6 cm³/mol. The molecule has 2 heteroatoms. The molecule has 0 saturated heterocycles. The summed E-state index contributed by atoms with van der Waals surface area (Å²) < 4.78 is 0. The van der Waals surface area contributed by atoms with Gasteiger partial charge in [-0.3, -0.25) is 0 Å². The van der Waals surface area contributed by atoms with Gasteiger partial charge in [0.05, 0.1) is 6.10 Å². The number of nitrogens with one attached hydrogen (secondary N) is 1. The van der Waals surface area contributed by atoms with Crippen LogP contribution in [0.1, 0.15) is 65.7 Å². The van der Waals surface area contributed by atoms with Gasteiger partial charge < -0.3 is 10.4 Å². The smallest absolute Gasteiger partial charge is 0.0605 e. The topological polar surface area (TPSA) is 32.3 Å². The van der Waals surface area contributed by atoms with E-state index in [0.29, 0.717) is 6.04 Å². The van der Waals surface area contributed by atoms with Crippen molar-refractivity contribution in [2.24, 2.45) is 5.41 Å². The highest BCUT2D eigenvalue weighted by Gasteiger charge is 2.35. The first-order valence-corrected chi connectivity index (χ1v) is 7.00. The van der Waals surface area contributed by atoms with E-state index >= 15 is 0 Å². The quantitative estimate of drug-likeness (QED) is 0.731. The van der Waals surface area contributed by atoms with Gasteiger partial charge in [0.15, 0.2) is 0 Å². The summed E-state index contributed by atoms with van der Waals surface area (Å²) in [7, 11) is 0. The van der Waals surface area contributed by atoms with Crippen molar-refractivity contribution in [3.63, 3.8) is 0 Å². The van der Waals surface area contributed by atoms with Gasteiger partial charge in [-0.25, -0.2) is 0 Å². The lowest BCUT2D eigenvalue weighted by atomic mass is 9.73. The van der Waals surface area contributed by atoms with Gasteiger partial charge >= 0.3 is 0 Å². The highest BCUT2D eigenvalue weighted by molar-refractivity contribution is 4.88. The largest absolute Gasteiger partial charge is 0.393 e. The minimum absolute atomic E-state index is 0.105. The van der Waals surface area contributed by atoms with Crippen LogP contribution in [0.2, 0.25) is 0 Å². The van der Waals surface area contributed by atoms with E-state index in [2.05, 4.69) is 26.1 Å².